The Bertz CT molecular complexity index is 751. The molecule has 1 N–H and O–H groups in total. The molecule has 0 aliphatic carbocycles. The van der Waals surface area contributed by atoms with Crippen molar-refractivity contribution in [2.45, 2.75) is 32.8 Å². The van der Waals surface area contributed by atoms with Crippen molar-refractivity contribution in [3.63, 3.8) is 0 Å². The van der Waals surface area contributed by atoms with Gasteiger partial charge in [-0.2, -0.15) is 8.78 Å². The molecule has 0 saturated heterocycles. The molecule has 0 aromatic heterocycles. The van der Waals surface area contributed by atoms with Gasteiger partial charge in [-0.15, -0.1) is 0 Å². The monoisotopic (exact) mass is 393 g/mol. The van der Waals surface area contributed by atoms with E-state index in [2.05, 4.69) is 17.0 Å². The largest absolute Gasteiger partial charge is 0.494 e. The number of hydrogen-bond acceptors (Lipinski definition) is 4. The average Bonchev–Trinajstić information content (AvgIpc) is 2.68. The van der Waals surface area contributed by atoms with Crippen LogP contribution in [0.5, 0.6) is 17.2 Å². The van der Waals surface area contributed by atoms with Crippen LogP contribution < -0.4 is 19.5 Å². The summed E-state index contributed by atoms with van der Waals surface area (Å²) in [6.07, 6.45) is 2.51. The topological polar surface area (TPSA) is 56.8 Å². The van der Waals surface area contributed by atoms with E-state index in [0.717, 1.165) is 24.2 Å². The van der Waals surface area contributed by atoms with Gasteiger partial charge in [0.15, 0.2) is 11.5 Å². The van der Waals surface area contributed by atoms with Crippen LogP contribution in [0, 0.1) is 0 Å². The Balaban J connectivity index is 1.86. The van der Waals surface area contributed by atoms with Gasteiger partial charge in [-0.1, -0.05) is 19.4 Å². The predicted molar refractivity (Wildman–Crippen MR) is 103 cm³/mol. The number of carbonyl (C=O) groups is 1. The molecule has 1 amide bonds. The van der Waals surface area contributed by atoms with Crippen molar-refractivity contribution >= 4 is 5.91 Å². The molecule has 0 radical (unpaired) electrons. The fraction of sp³-hybridized carbons (Fsp3) is 0.381. The molecule has 0 saturated carbocycles. The maximum Gasteiger partial charge on any atom is 0.387 e. The number of nitrogens with one attached hydrogen (secondary N) is 1. The van der Waals surface area contributed by atoms with E-state index in [1.165, 1.54) is 13.2 Å². The van der Waals surface area contributed by atoms with Crippen LogP contribution in [0.2, 0.25) is 0 Å². The Morgan fingerprint density at radius 3 is 2.50 bits per heavy atom. The molecule has 2 aromatic rings. The van der Waals surface area contributed by atoms with Gasteiger partial charge in [0.25, 0.3) is 5.91 Å². The summed E-state index contributed by atoms with van der Waals surface area (Å²) in [5, 5.41) is 2.81. The average molecular weight is 393 g/mol. The Kier molecular flexibility index (Phi) is 8.52. The van der Waals surface area contributed by atoms with Crippen molar-refractivity contribution < 1.29 is 27.8 Å². The molecule has 0 unspecified atom stereocenters. The summed E-state index contributed by atoms with van der Waals surface area (Å²) in [7, 11) is 1.38. The number of ether oxygens (including phenoxy) is 3. The van der Waals surface area contributed by atoms with Crippen LogP contribution in [-0.2, 0) is 6.42 Å². The number of carbonyl (C=O) groups excluding carboxylic acids is 1. The van der Waals surface area contributed by atoms with Crippen LogP contribution in [0.4, 0.5) is 8.78 Å². The van der Waals surface area contributed by atoms with Gasteiger partial charge in [-0.05, 0) is 54.8 Å². The first-order valence-corrected chi connectivity index (χ1v) is 9.16. The smallest absolute Gasteiger partial charge is 0.387 e. The highest BCUT2D eigenvalue weighted by Crippen LogP contribution is 2.29. The standard InChI is InChI=1S/C21H25F2NO4/c1-3-4-13-27-17-8-6-16(7-9-17)20(25)24-12-11-15-5-10-18(26-2)19(14-15)28-21(22)23/h5-10,14,21H,3-4,11-13H2,1-2H3,(H,24,25). The van der Waals surface area contributed by atoms with E-state index in [9.17, 15) is 13.6 Å². The van der Waals surface area contributed by atoms with Crippen LogP contribution in [0.15, 0.2) is 42.5 Å². The number of hydrogen-bond donors (Lipinski definition) is 1. The summed E-state index contributed by atoms with van der Waals surface area (Å²) in [6, 6.07) is 11.7. The summed E-state index contributed by atoms with van der Waals surface area (Å²) >= 11 is 0. The fourth-order valence-electron chi connectivity index (χ4n) is 2.52. The van der Waals surface area contributed by atoms with Gasteiger partial charge >= 0.3 is 6.61 Å². The number of halogens is 2. The minimum absolute atomic E-state index is 0.0278. The number of unbranched alkanes of at least 4 members (excludes halogenated alkanes) is 1. The van der Waals surface area contributed by atoms with E-state index in [1.807, 2.05) is 0 Å². The fourth-order valence-corrected chi connectivity index (χ4v) is 2.52. The van der Waals surface area contributed by atoms with E-state index in [1.54, 1.807) is 36.4 Å². The van der Waals surface area contributed by atoms with Gasteiger partial charge in [0, 0.05) is 12.1 Å². The minimum atomic E-state index is -2.93. The normalized spacial score (nSPS) is 10.6. The lowest BCUT2D eigenvalue weighted by Gasteiger charge is -2.12. The maximum atomic E-state index is 12.5. The van der Waals surface area contributed by atoms with Crippen molar-refractivity contribution in [2.75, 3.05) is 20.3 Å². The molecule has 0 bridgehead atoms. The van der Waals surface area contributed by atoms with Crippen LogP contribution in [0.25, 0.3) is 0 Å². The second-order valence-corrected chi connectivity index (χ2v) is 6.10. The molecule has 0 aliphatic rings. The van der Waals surface area contributed by atoms with E-state index in [-0.39, 0.29) is 17.4 Å². The lowest BCUT2D eigenvalue weighted by Crippen LogP contribution is -2.25. The molecule has 2 rings (SSSR count). The molecule has 5 nitrogen and oxygen atoms in total. The Morgan fingerprint density at radius 1 is 1.11 bits per heavy atom. The highest BCUT2D eigenvalue weighted by Gasteiger charge is 2.12. The van der Waals surface area contributed by atoms with Crippen LogP contribution in [-0.4, -0.2) is 32.8 Å². The molecule has 0 aliphatic heterocycles. The van der Waals surface area contributed by atoms with Gasteiger partial charge < -0.3 is 19.5 Å². The summed E-state index contributed by atoms with van der Waals surface area (Å²) in [5.74, 6) is 0.724. The van der Waals surface area contributed by atoms with Crippen LogP contribution >= 0.6 is 0 Å². The summed E-state index contributed by atoms with van der Waals surface area (Å²) in [6.45, 7) is 0.169. The first-order chi connectivity index (χ1) is 13.5. The van der Waals surface area contributed by atoms with E-state index in [4.69, 9.17) is 9.47 Å². The van der Waals surface area contributed by atoms with Gasteiger partial charge in [-0.3, -0.25) is 4.79 Å². The molecular weight excluding hydrogens is 368 g/mol. The van der Waals surface area contributed by atoms with Crippen LogP contribution in [0.1, 0.15) is 35.7 Å². The highest BCUT2D eigenvalue weighted by molar-refractivity contribution is 5.94. The van der Waals surface area contributed by atoms with Crippen molar-refractivity contribution in [3.05, 3.63) is 53.6 Å². The van der Waals surface area contributed by atoms with Crippen molar-refractivity contribution in [3.8, 4) is 17.2 Å². The van der Waals surface area contributed by atoms with Gasteiger partial charge in [0.1, 0.15) is 5.75 Å². The van der Waals surface area contributed by atoms with Crippen molar-refractivity contribution in [1.29, 1.82) is 0 Å². The molecule has 0 spiro atoms. The Hall–Kier alpha value is -2.83. The maximum absolute atomic E-state index is 12.5. The summed E-state index contributed by atoms with van der Waals surface area (Å²) in [5.41, 5.74) is 1.27. The zero-order valence-electron chi connectivity index (χ0n) is 16.0. The quantitative estimate of drug-likeness (QED) is 0.573. The second kappa shape index (κ2) is 11.1. The van der Waals surface area contributed by atoms with E-state index >= 15 is 0 Å². The molecule has 152 valence electrons. The van der Waals surface area contributed by atoms with E-state index < -0.39 is 6.61 Å². The van der Waals surface area contributed by atoms with Crippen LogP contribution in [0.3, 0.4) is 0 Å². The number of benzene rings is 2. The molecule has 0 fully saturated rings. The third-order valence-electron chi connectivity index (χ3n) is 4.03. The van der Waals surface area contributed by atoms with E-state index in [0.29, 0.717) is 25.1 Å². The zero-order chi connectivity index (χ0) is 20.4. The molecule has 28 heavy (non-hydrogen) atoms. The Morgan fingerprint density at radius 2 is 1.86 bits per heavy atom. The lowest BCUT2D eigenvalue weighted by atomic mass is 10.1. The molecule has 0 heterocycles. The number of amides is 1. The molecule has 0 atom stereocenters. The summed E-state index contributed by atoms with van der Waals surface area (Å²) in [4.78, 5) is 12.2. The van der Waals surface area contributed by atoms with Gasteiger partial charge in [0.05, 0.1) is 13.7 Å². The lowest BCUT2D eigenvalue weighted by molar-refractivity contribution is -0.0512. The minimum Gasteiger partial charge on any atom is -0.494 e. The number of rotatable bonds is 11. The highest BCUT2D eigenvalue weighted by atomic mass is 19.3. The van der Waals surface area contributed by atoms with Crippen molar-refractivity contribution in [1.82, 2.24) is 5.32 Å². The second-order valence-electron chi connectivity index (χ2n) is 6.10. The number of methoxy groups -OCH3 is 1. The van der Waals surface area contributed by atoms with Crippen molar-refractivity contribution in [2.24, 2.45) is 0 Å². The molecule has 7 heteroatoms. The zero-order valence-corrected chi connectivity index (χ0v) is 16.0. The Labute approximate surface area is 163 Å². The SMILES string of the molecule is CCCCOc1ccc(C(=O)NCCc2ccc(OC)c(OC(F)F)c2)cc1. The first-order valence-electron chi connectivity index (χ1n) is 9.16. The molecule has 2 aromatic carbocycles. The molecular formula is C21H25F2NO4. The predicted octanol–water partition coefficient (Wildman–Crippen LogP) is 4.45. The summed E-state index contributed by atoms with van der Waals surface area (Å²) < 4.78 is 40.0. The van der Waals surface area contributed by atoms with Gasteiger partial charge in [-0.25, -0.2) is 0 Å². The third kappa shape index (κ3) is 6.72. The van der Waals surface area contributed by atoms with Gasteiger partial charge in [0.2, 0.25) is 0 Å². The first kappa shape index (κ1) is 21.5. The number of alkyl halides is 2. The third-order valence-corrected chi connectivity index (χ3v) is 4.03.